The highest BCUT2D eigenvalue weighted by Gasteiger charge is 1.99. The number of esters is 3. The fourth-order valence-corrected chi connectivity index (χ4v) is 1.03. The highest BCUT2D eigenvalue weighted by Crippen LogP contribution is 2.15. The van der Waals surface area contributed by atoms with Crippen LogP contribution in [0.4, 0.5) is 0 Å². The van der Waals surface area contributed by atoms with Gasteiger partial charge in [-0.05, 0) is 18.6 Å². The van der Waals surface area contributed by atoms with Crippen LogP contribution in [0.25, 0.3) is 0 Å². The maximum Gasteiger partial charge on any atom is 0.310 e. The number of ether oxygens (including phenoxy) is 2. The van der Waals surface area contributed by atoms with E-state index in [0.717, 1.165) is 5.56 Å². The number of benzene rings is 1. The van der Waals surface area contributed by atoms with Crippen LogP contribution in [0, 0.1) is 6.92 Å². The second-order valence-electron chi connectivity index (χ2n) is 3.44. The van der Waals surface area contributed by atoms with Gasteiger partial charge in [-0.1, -0.05) is 18.2 Å². The van der Waals surface area contributed by atoms with Crippen LogP contribution in [0.2, 0.25) is 0 Å². The molecule has 0 atom stereocenters. The summed E-state index contributed by atoms with van der Waals surface area (Å²) < 4.78 is 8.88. The average Bonchev–Trinajstić information content (AvgIpc) is 2.19. The van der Waals surface area contributed by atoms with Gasteiger partial charge in [0.05, 0.1) is 0 Å². The Morgan fingerprint density at radius 1 is 0.889 bits per heavy atom. The first-order valence-corrected chi connectivity index (χ1v) is 5.26. The molecular formula is C13H16O5. The molecule has 0 aliphatic carbocycles. The van der Waals surface area contributed by atoms with Crippen LogP contribution in [0.5, 0.6) is 5.75 Å². The molecule has 0 saturated heterocycles. The maximum absolute atomic E-state index is 10.5. The van der Waals surface area contributed by atoms with Crippen LogP contribution in [0.1, 0.15) is 26.3 Å². The summed E-state index contributed by atoms with van der Waals surface area (Å²) in [5, 5.41) is 0. The molecule has 1 aromatic rings. The highest BCUT2D eigenvalue weighted by molar-refractivity contribution is 5.82. The smallest absolute Gasteiger partial charge is 0.310 e. The number of carbonyl (C=O) groups excluding carboxylic acids is 3. The molecule has 0 aliphatic rings. The lowest BCUT2D eigenvalue weighted by molar-refractivity contribution is -0.156. The van der Waals surface area contributed by atoms with Crippen molar-refractivity contribution in [1.82, 2.24) is 0 Å². The Kier molecular flexibility index (Phi) is 7.04. The van der Waals surface area contributed by atoms with Crippen LogP contribution in [0.15, 0.2) is 24.3 Å². The molecule has 0 bridgehead atoms. The molecule has 0 heterocycles. The molecule has 0 unspecified atom stereocenters. The Bertz CT molecular complexity index is 425. The van der Waals surface area contributed by atoms with Crippen molar-refractivity contribution >= 4 is 17.9 Å². The van der Waals surface area contributed by atoms with Gasteiger partial charge in [0.25, 0.3) is 0 Å². The van der Waals surface area contributed by atoms with E-state index in [1.807, 2.05) is 25.1 Å². The number of aryl methyl sites for hydroxylation is 1. The highest BCUT2D eigenvalue weighted by atomic mass is 16.6. The molecule has 98 valence electrons. The average molecular weight is 252 g/mol. The molecule has 0 fully saturated rings. The van der Waals surface area contributed by atoms with Crippen molar-refractivity contribution in [3.8, 4) is 5.75 Å². The molecule has 18 heavy (non-hydrogen) atoms. The van der Waals surface area contributed by atoms with E-state index in [2.05, 4.69) is 4.74 Å². The van der Waals surface area contributed by atoms with E-state index in [1.165, 1.54) is 20.8 Å². The fourth-order valence-electron chi connectivity index (χ4n) is 1.03. The lowest BCUT2D eigenvalue weighted by Crippen LogP contribution is -2.03. The van der Waals surface area contributed by atoms with Gasteiger partial charge in [0.2, 0.25) is 0 Å². The number of para-hydroxylation sites is 1. The van der Waals surface area contributed by atoms with Gasteiger partial charge in [-0.25, -0.2) is 0 Å². The molecule has 0 N–H and O–H groups in total. The van der Waals surface area contributed by atoms with Crippen molar-refractivity contribution in [2.45, 2.75) is 27.7 Å². The molecule has 0 aliphatic heterocycles. The van der Waals surface area contributed by atoms with Gasteiger partial charge in [-0.3, -0.25) is 14.4 Å². The van der Waals surface area contributed by atoms with Crippen molar-refractivity contribution in [2.75, 3.05) is 0 Å². The van der Waals surface area contributed by atoms with Crippen LogP contribution in [0.3, 0.4) is 0 Å². The summed E-state index contributed by atoms with van der Waals surface area (Å²) in [6.45, 7) is 5.66. The normalized spacial score (nSPS) is 8.67. The summed E-state index contributed by atoms with van der Waals surface area (Å²) in [5.74, 6) is -0.765. The van der Waals surface area contributed by atoms with Crippen LogP contribution in [-0.4, -0.2) is 17.9 Å². The molecule has 1 aromatic carbocycles. The van der Waals surface area contributed by atoms with Crippen molar-refractivity contribution in [3.63, 3.8) is 0 Å². The summed E-state index contributed by atoms with van der Waals surface area (Å²) in [7, 11) is 0. The molecule has 0 amide bonds. The van der Waals surface area contributed by atoms with Crippen LogP contribution in [-0.2, 0) is 19.1 Å². The molecule has 0 radical (unpaired) electrons. The fraction of sp³-hybridized carbons (Fsp3) is 0.308. The third-order valence-electron chi connectivity index (χ3n) is 1.63. The zero-order valence-electron chi connectivity index (χ0n) is 10.9. The third kappa shape index (κ3) is 8.04. The number of carbonyl (C=O) groups is 3. The van der Waals surface area contributed by atoms with E-state index in [4.69, 9.17) is 4.74 Å². The second kappa shape index (κ2) is 8.00. The van der Waals surface area contributed by atoms with E-state index < -0.39 is 11.9 Å². The Labute approximate surface area is 106 Å². The van der Waals surface area contributed by atoms with E-state index in [9.17, 15) is 14.4 Å². The van der Waals surface area contributed by atoms with E-state index >= 15 is 0 Å². The lowest BCUT2D eigenvalue weighted by atomic mass is 10.2. The molecular weight excluding hydrogens is 236 g/mol. The van der Waals surface area contributed by atoms with Crippen molar-refractivity contribution in [3.05, 3.63) is 29.8 Å². The number of hydrogen-bond acceptors (Lipinski definition) is 5. The van der Waals surface area contributed by atoms with Gasteiger partial charge in [0.15, 0.2) is 0 Å². The Balaban J connectivity index is 0.000000360. The first-order chi connectivity index (χ1) is 8.32. The zero-order valence-corrected chi connectivity index (χ0v) is 10.9. The topological polar surface area (TPSA) is 69.7 Å². The minimum absolute atomic E-state index is 0.278. The van der Waals surface area contributed by atoms with Gasteiger partial charge in [-0.15, -0.1) is 0 Å². The van der Waals surface area contributed by atoms with Crippen LogP contribution < -0.4 is 4.74 Å². The molecule has 0 aromatic heterocycles. The van der Waals surface area contributed by atoms with Gasteiger partial charge in [0.1, 0.15) is 5.75 Å². The van der Waals surface area contributed by atoms with Gasteiger partial charge in [-0.2, -0.15) is 0 Å². The minimum atomic E-state index is -0.562. The van der Waals surface area contributed by atoms with Crippen molar-refractivity contribution in [1.29, 1.82) is 0 Å². The third-order valence-corrected chi connectivity index (χ3v) is 1.63. The molecule has 5 nitrogen and oxygen atoms in total. The maximum atomic E-state index is 10.5. The number of rotatable bonds is 1. The zero-order chi connectivity index (χ0) is 14.1. The predicted octanol–water partition coefficient (Wildman–Crippen LogP) is 2.02. The van der Waals surface area contributed by atoms with Gasteiger partial charge >= 0.3 is 17.9 Å². The van der Waals surface area contributed by atoms with Crippen LogP contribution >= 0.6 is 0 Å². The summed E-state index contributed by atoms with van der Waals surface area (Å²) in [5.41, 5.74) is 0.975. The minimum Gasteiger partial charge on any atom is -0.426 e. The Morgan fingerprint density at radius 2 is 1.39 bits per heavy atom. The summed E-state index contributed by atoms with van der Waals surface area (Å²) >= 11 is 0. The largest absolute Gasteiger partial charge is 0.426 e. The van der Waals surface area contributed by atoms with Crippen molar-refractivity contribution < 1.29 is 23.9 Å². The van der Waals surface area contributed by atoms with Gasteiger partial charge < -0.3 is 9.47 Å². The van der Waals surface area contributed by atoms with E-state index in [1.54, 1.807) is 6.07 Å². The molecule has 0 saturated carbocycles. The Hall–Kier alpha value is -2.17. The lowest BCUT2D eigenvalue weighted by Gasteiger charge is -2.02. The second-order valence-corrected chi connectivity index (χ2v) is 3.44. The van der Waals surface area contributed by atoms with Crippen molar-refractivity contribution in [2.24, 2.45) is 0 Å². The quantitative estimate of drug-likeness (QED) is 0.434. The predicted molar refractivity (Wildman–Crippen MR) is 64.9 cm³/mol. The summed E-state index contributed by atoms with van der Waals surface area (Å²) in [6.07, 6.45) is 0. The summed E-state index contributed by atoms with van der Waals surface area (Å²) in [6, 6.07) is 7.42. The standard InChI is InChI=1S/C9H10O2.C4H6O3/c1-7-5-3-4-6-9(7)11-8(2)10;1-3(5)7-4(2)6/h3-6H,1-2H3;1-2H3. The molecule has 1 rings (SSSR count). The SMILES string of the molecule is CC(=O)OC(C)=O.CC(=O)Oc1ccccc1C. The monoisotopic (exact) mass is 252 g/mol. The van der Waals surface area contributed by atoms with Gasteiger partial charge in [0, 0.05) is 20.8 Å². The molecule has 0 spiro atoms. The first kappa shape index (κ1) is 15.8. The van der Waals surface area contributed by atoms with E-state index in [0.29, 0.717) is 5.75 Å². The Morgan fingerprint density at radius 3 is 1.72 bits per heavy atom. The first-order valence-electron chi connectivity index (χ1n) is 5.26. The number of hydrogen-bond donors (Lipinski definition) is 0. The molecule has 5 heteroatoms. The van der Waals surface area contributed by atoms with E-state index in [-0.39, 0.29) is 5.97 Å². The summed E-state index contributed by atoms with van der Waals surface area (Å²) in [4.78, 5) is 30.2.